The van der Waals surface area contributed by atoms with Crippen molar-refractivity contribution in [2.45, 2.75) is 57.8 Å². The summed E-state index contributed by atoms with van der Waals surface area (Å²) in [6.07, 6.45) is 7.31. The molecule has 0 atom stereocenters. The second-order valence-corrected chi connectivity index (χ2v) is 5.90. The quantitative estimate of drug-likeness (QED) is 0.728. The molecule has 1 aromatic rings. The van der Waals surface area contributed by atoms with Gasteiger partial charge in [-0.1, -0.05) is 6.08 Å². The molecule has 3 nitrogen and oxygen atoms in total. The molecule has 2 aliphatic rings. The highest BCUT2D eigenvalue weighted by Gasteiger charge is 2.29. The van der Waals surface area contributed by atoms with E-state index < -0.39 is 0 Å². The zero-order valence-electron chi connectivity index (χ0n) is 11.8. The number of nitrogens with one attached hydrogen (secondary N) is 1. The fourth-order valence-electron chi connectivity index (χ4n) is 2.53. The van der Waals surface area contributed by atoms with Gasteiger partial charge in [0.2, 0.25) is 0 Å². The van der Waals surface area contributed by atoms with Crippen molar-refractivity contribution in [3.8, 4) is 0 Å². The molecule has 0 unspecified atom stereocenters. The van der Waals surface area contributed by atoms with Crippen LogP contribution < -0.4 is 5.32 Å². The van der Waals surface area contributed by atoms with Gasteiger partial charge in [-0.2, -0.15) is 0 Å². The second kappa shape index (κ2) is 5.51. The Morgan fingerprint density at radius 3 is 2.84 bits per heavy atom. The van der Waals surface area contributed by atoms with E-state index in [1.54, 1.807) is 0 Å². The number of nitrogens with zero attached hydrogens (tertiary/aromatic N) is 1. The molecule has 0 saturated heterocycles. The molecule has 3 heteroatoms. The van der Waals surface area contributed by atoms with E-state index in [-0.39, 0.29) is 0 Å². The minimum Gasteiger partial charge on any atom is -0.465 e. The zero-order chi connectivity index (χ0) is 13.2. The lowest BCUT2D eigenvalue weighted by molar-refractivity contribution is 0.281. The van der Waals surface area contributed by atoms with Crippen LogP contribution in [0, 0.1) is 6.92 Å². The van der Waals surface area contributed by atoms with Crippen molar-refractivity contribution < 1.29 is 4.42 Å². The van der Waals surface area contributed by atoms with E-state index in [2.05, 4.69) is 29.8 Å². The first-order valence-corrected chi connectivity index (χ1v) is 7.43. The Hall–Kier alpha value is -1.06. The van der Waals surface area contributed by atoms with E-state index in [0.29, 0.717) is 0 Å². The van der Waals surface area contributed by atoms with Crippen LogP contribution in [0.15, 0.2) is 23.1 Å². The molecule has 0 aliphatic heterocycles. The number of rotatable bonds is 8. The summed E-state index contributed by atoms with van der Waals surface area (Å²) in [5.41, 5.74) is 1.33. The molecule has 0 radical (unpaired) electrons. The summed E-state index contributed by atoms with van der Waals surface area (Å²) in [7, 11) is 0. The Bertz CT molecular complexity index is 444. The van der Waals surface area contributed by atoms with Crippen molar-refractivity contribution in [2.24, 2.45) is 0 Å². The Morgan fingerprint density at radius 2 is 2.21 bits per heavy atom. The van der Waals surface area contributed by atoms with Crippen molar-refractivity contribution in [3.63, 3.8) is 0 Å². The van der Waals surface area contributed by atoms with Gasteiger partial charge in [-0.3, -0.25) is 4.90 Å². The first-order chi connectivity index (χ1) is 9.26. The summed E-state index contributed by atoms with van der Waals surface area (Å²) in [4.78, 5) is 2.50. The molecule has 0 spiro atoms. The van der Waals surface area contributed by atoms with E-state index in [4.69, 9.17) is 4.42 Å². The number of hydrogen-bond acceptors (Lipinski definition) is 3. The third kappa shape index (κ3) is 3.48. The van der Waals surface area contributed by atoms with Crippen molar-refractivity contribution in [1.29, 1.82) is 0 Å². The average molecular weight is 260 g/mol. The molecule has 2 saturated carbocycles. The van der Waals surface area contributed by atoms with Crippen LogP contribution in [-0.4, -0.2) is 23.5 Å². The topological polar surface area (TPSA) is 28.4 Å². The molecule has 0 amide bonds. The Morgan fingerprint density at radius 1 is 1.42 bits per heavy atom. The van der Waals surface area contributed by atoms with Crippen LogP contribution in [0.2, 0.25) is 0 Å². The highest BCUT2D eigenvalue weighted by Crippen LogP contribution is 2.29. The standard InChI is InChI=1S/C16H24N2O/c1-3-8-18(15-6-7-15)11-13-9-16(19-12(13)2)10-17-14-4-5-14/h3,9,14-15,17H,1,4-8,10-11H2,2H3. The Labute approximate surface area is 115 Å². The van der Waals surface area contributed by atoms with E-state index in [1.165, 1.54) is 31.2 Å². The van der Waals surface area contributed by atoms with Gasteiger partial charge in [-0.15, -0.1) is 6.58 Å². The molecule has 19 heavy (non-hydrogen) atoms. The van der Waals surface area contributed by atoms with Gasteiger partial charge in [0.25, 0.3) is 0 Å². The summed E-state index contributed by atoms with van der Waals surface area (Å²) in [6.45, 7) is 8.78. The normalized spacial score (nSPS) is 19.1. The van der Waals surface area contributed by atoms with Crippen LogP contribution in [0.5, 0.6) is 0 Å². The zero-order valence-corrected chi connectivity index (χ0v) is 11.8. The summed E-state index contributed by atoms with van der Waals surface area (Å²) in [6, 6.07) is 3.72. The number of aryl methyl sites for hydroxylation is 1. The van der Waals surface area contributed by atoms with Crippen LogP contribution in [0.3, 0.4) is 0 Å². The van der Waals surface area contributed by atoms with Crippen LogP contribution >= 0.6 is 0 Å². The minimum atomic E-state index is 0.734. The Balaban J connectivity index is 1.60. The van der Waals surface area contributed by atoms with Gasteiger partial charge in [-0.05, 0) is 38.7 Å². The summed E-state index contributed by atoms with van der Waals surface area (Å²) >= 11 is 0. The van der Waals surface area contributed by atoms with Gasteiger partial charge < -0.3 is 9.73 Å². The molecule has 1 aromatic heterocycles. The molecular weight excluding hydrogens is 236 g/mol. The maximum absolute atomic E-state index is 5.86. The molecule has 104 valence electrons. The van der Waals surface area contributed by atoms with Crippen molar-refractivity contribution >= 4 is 0 Å². The minimum absolute atomic E-state index is 0.734. The average Bonchev–Trinajstić information content (AvgIpc) is 3.27. The van der Waals surface area contributed by atoms with Crippen molar-refractivity contribution in [1.82, 2.24) is 10.2 Å². The molecule has 0 aromatic carbocycles. The van der Waals surface area contributed by atoms with Gasteiger partial charge in [-0.25, -0.2) is 0 Å². The number of hydrogen-bond donors (Lipinski definition) is 1. The molecule has 0 bridgehead atoms. The van der Waals surface area contributed by atoms with Gasteiger partial charge in [0, 0.05) is 30.7 Å². The molecular formula is C16H24N2O. The van der Waals surface area contributed by atoms with E-state index in [1.807, 2.05) is 6.08 Å². The lowest BCUT2D eigenvalue weighted by atomic mass is 10.2. The predicted molar refractivity (Wildman–Crippen MR) is 76.9 cm³/mol. The first kappa shape index (κ1) is 12.9. The maximum atomic E-state index is 5.86. The SMILES string of the molecule is C=CCN(Cc1cc(CNC2CC2)oc1C)C1CC1. The second-order valence-electron chi connectivity index (χ2n) is 5.90. The Kier molecular flexibility index (Phi) is 3.76. The smallest absolute Gasteiger partial charge is 0.118 e. The van der Waals surface area contributed by atoms with Crippen LogP contribution in [0.1, 0.15) is 42.8 Å². The monoisotopic (exact) mass is 260 g/mol. The molecule has 1 N–H and O–H groups in total. The molecule has 2 aliphatic carbocycles. The fraction of sp³-hybridized carbons (Fsp3) is 0.625. The van der Waals surface area contributed by atoms with Crippen LogP contribution in [0.4, 0.5) is 0 Å². The predicted octanol–water partition coefficient (Wildman–Crippen LogP) is 2.99. The summed E-state index contributed by atoms with van der Waals surface area (Å²) < 4.78 is 5.86. The lowest BCUT2D eigenvalue weighted by Gasteiger charge is -2.19. The highest BCUT2D eigenvalue weighted by molar-refractivity contribution is 5.21. The third-order valence-corrected chi connectivity index (χ3v) is 4.01. The highest BCUT2D eigenvalue weighted by atomic mass is 16.3. The van der Waals surface area contributed by atoms with Gasteiger partial charge >= 0.3 is 0 Å². The molecule has 1 heterocycles. The van der Waals surface area contributed by atoms with E-state index >= 15 is 0 Å². The van der Waals surface area contributed by atoms with Crippen LogP contribution in [-0.2, 0) is 13.1 Å². The lowest BCUT2D eigenvalue weighted by Crippen LogP contribution is -2.25. The van der Waals surface area contributed by atoms with Gasteiger partial charge in [0.1, 0.15) is 11.5 Å². The summed E-state index contributed by atoms with van der Waals surface area (Å²) in [5.74, 6) is 2.15. The largest absolute Gasteiger partial charge is 0.465 e. The maximum Gasteiger partial charge on any atom is 0.118 e. The van der Waals surface area contributed by atoms with Crippen LogP contribution in [0.25, 0.3) is 0 Å². The van der Waals surface area contributed by atoms with Gasteiger partial charge in [0.05, 0.1) is 6.54 Å². The van der Waals surface area contributed by atoms with Crippen molar-refractivity contribution in [2.75, 3.05) is 6.54 Å². The third-order valence-electron chi connectivity index (χ3n) is 4.01. The molecule has 2 fully saturated rings. The molecule has 3 rings (SSSR count). The van der Waals surface area contributed by atoms with E-state index in [0.717, 1.165) is 43.2 Å². The summed E-state index contributed by atoms with van der Waals surface area (Å²) in [5, 5.41) is 3.50. The first-order valence-electron chi connectivity index (χ1n) is 7.43. The van der Waals surface area contributed by atoms with Gasteiger partial charge in [0.15, 0.2) is 0 Å². The fourth-order valence-corrected chi connectivity index (χ4v) is 2.53. The number of furan rings is 1. The van der Waals surface area contributed by atoms with Crippen molar-refractivity contribution in [3.05, 3.63) is 35.8 Å². The van der Waals surface area contributed by atoms with E-state index in [9.17, 15) is 0 Å².